The van der Waals surface area contributed by atoms with Crippen LogP contribution in [-0.2, 0) is 0 Å². The summed E-state index contributed by atoms with van der Waals surface area (Å²) in [6.45, 7) is 0. The van der Waals surface area contributed by atoms with E-state index >= 15 is 0 Å². The van der Waals surface area contributed by atoms with Crippen LogP contribution < -0.4 is 4.90 Å². The summed E-state index contributed by atoms with van der Waals surface area (Å²) >= 11 is 1.85. The Morgan fingerprint density at radius 1 is 0.232 bits per heavy atom. The van der Waals surface area contributed by atoms with Gasteiger partial charge in [0.05, 0.1) is 0 Å². The molecule has 1 nitrogen and oxygen atoms in total. The van der Waals surface area contributed by atoms with Crippen LogP contribution in [0.4, 0.5) is 17.1 Å². The molecule has 0 saturated carbocycles. The zero-order valence-electron chi connectivity index (χ0n) is 30.7. The molecular weight excluding hydrogens is 695 g/mol. The first-order chi connectivity index (χ1) is 27.7. The van der Waals surface area contributed by atoms with E-state index in [1.807, 2.05) is 11.3 Å². The Morgan fingerprint density at radius 2 is 0.571 bits per heavy atom. The van der Waals surface area contributed by atoms with Crippen molar-refractivity contribution in [1.82, 2.24) is 0 Å². The van der Waals surface area contributed by atoms with Gasteiger partial charge in [0.25, 0.3) is 0 Å². The van der Waals surface area contributed by atoms with Crippen molar-refractivity contribution in [2.75, 3.05) is 4.90 Å². The fraction of sp³-hybridized carbons (Fsp3) is 0. The van der Waals surface area contributed by atoms with Gasteiger partial charge in [0.1, 0.15) is 0 Å². The molecule has 264 valence electrons. The van der Waals surface area contributed by atoms with Gasteiger partial charge in [-0.25, -0.2) is 0 Å². The van der Waals surface area contributed by atoms with E-state index in [0.717, 1.165) is 17.1 Å². The van der Waals surface area contributed by atoms with E-state index in [1.165, 1.54) is 75.8 Å². The first-order valence-electron chi connectivity index (χ1n) is 19.1. The summed E-state index contributed by atoms with van der Waals surface area (Å²) in [7, 11) is 0. The normalized spacial score (nSPS) is 11.2. The van der Waals surface area contributed by atoms with Gasteiger partial charge in [-0.1, -0.05) is 164 Å². The molecule has 10 aromatic rings. The average molecular weight is 732 g/mol. The quantitative estimate of drug-likeness (QED) is 0.150. The van der Waals surface area contributed by atoms with Crippen LogP contribution in [0, 0.1) is 0 Å². The van der Waals surface area contributed by atoms with E-state index in [-0.39, 0.29) is 0 Å². The minimum absolute atomic E-state index is 1.11. The number of hydrogen-bond donors (Lipinski definition) is 0. The number of benzene rings is 9. The lowest BCUT2D eigenvalue weighted by Crippen LogP contribution is -2.09. The molecule has 0 amide bonds. The van der Waals surface area contributed by atoms with E-state index in [2.05, 4.69) is 229 Å². The van der Waals surface area contributed by atoms with Crippen molar-refractivity contribution in [3.05, 3.63) is 224 Å². The molecule has 10 rings (SSSR count). The van der Waals surface area contributed by atoms with Gasteiger partial charge in [0.2, 0.25) is 0 Å². The second kappa shape index (κ2) is 14.7. The molecule has 0 aliphatic heterocycles. The number of thiophene rings is 1. The summed E-state index contributed by atoms with van der Waals surface area (Å²) in [6, 6.07) is 81.3. The Hall–Kier alpha value is -7.00. The van der Waals surface area contributed by atoms with Crippen molar-refractivity contribution in [1.29, 1.82) is 0 Å². The molecule has 0 N–H and O–H groups in total. The zero-order chi connectivity index (χ0) is 37.3. The van der Waals surface area contributed by atoms with Gasteiger partial charge in [-0.15, -0.1) is 11.3 Å². The molecule has 56 heavy (non-hydrogen) atoms. The molecule has 0 saturated heterocycles. The molecule has 2 heteroatoms. The standard InChI is InChI=1S/C54H37NS/c1-4-12-38(13-5-1)41-20-22-42(23-21-41)43-24-28-48(29-25-43)55(50-32-33-52-51-18-10-11-19-53(51)56-54(52)37-50)49-30-26-44(27-31-49)47-35-45(39-14-6-2-7-15-39)34-46(36-47)40-16-8-3-9-17-40/h1-37H. The smallest absolute Gasteiger partial charge is 0.0476 e. The van der Waals surface area contributed by atoms with Crippen molar-refractivity contribution in [2.45, 2.75) is 0 Å². The van der Waals surface area contributed by atoms with Gasteiger partial charge >= 0.3 is 0 Å². The Kier molecular flexibility index (Phi) is 8.79. The lowest BCUT2D eigenvalue weighted by atomic mass is 9.93. The first kappa shape index (κ1) is 33.6. The minimum atomic E-state index is 1.11. The van der Waals surface area contributed by atoms with E-state index in [9.17, 15) is 0 Å². The molecular formula is C54H37NS. The monoisotopic (exact) mass is 731 g/mol. The maximum Gasteiger partial charge on any atom is 0.0476 e. The summed E-state index contributed by atoms with van der Waals surface area (Å²) in [5.41, 5.74) is 15.4. The molecule has 0 atom stereocenters. The second-order valence-electron chi connectivity index (χ2n) is 14.2. The van der Waals surface area contributed by atoms with E-state index in [0.29, 0.717) is 0 Å². The summed E-state index contributed by atoms with van der Waals surface area (Å²) in [5.74, 6) is 0. The van der Waals surface area contributed by atoms with Crippen LogP contribution in [0.15, 0.2) is 224 Å². The van der Waals surface area contributed by atoms with E-state index < -0.39 is 0 Å². The highest BCUT2D eigenvalue weighted by Crippen LogP contribution is 2.42. The number of anilines is 3. The SMILES string of the molecule is c1ccc(-c2ccc(-c3ccc(N(c4ccc(-c5cc(-c6ccccc6)cc(-c6ccccc6)c5)cc4)c4ccc5c(c4)sc4ccccc45)cc3)cc2)cc1. The van der Waals surface area contributed by atoms with Crippen LogP contribution in [0.3, 0.4) is 0 Å². The largest absolute Gasteiger partial charge is 0.310 e. The van der Waals surface area contributed by atoms with Crippen molar-refractivity contribution < 1.29 is 0 Å². The highest BCUT2D eigenvalue weighted by Gasteiger charge is 2.16. The van der Waals surface area contributed by atoms with Crippen molar-refractivity contribution in [2.24, 2.45) is 0 Å². The third kappa shape index (κ3) is 6.57. The third-order valence-corrected chi connectivity index (χ3v) is 11.8. The summed E-state index contributed by atoms with van der Waals surface area (Å²) < 4.78 is 2.59. The van der Waals surface area contributed by atoms with Gasteiger partial charge in [-0.05, 0) is 116 Å². The van der Waals surface area contributed by atoms with Gasteiger partial charge in [0, 0.05) is 37.2 Å². The molecule has 0 unspecified atom stereocenters. The average Bonchev–Trinajstić information content (AvgIpc) is 3.66. The predicted octanol–water partition coefficient (Wildman–Crippen LogP) is 15.9. The van der Waals surface area contributed by atoms with Gasteiger partial charge < -0.3 is 4.90 Å². The van der Waals surface area contributed by atoms with Crippen molar-refractivity contribution in [3.8, 4) is 55.6 Å². The number of hydrogen-bond acceptors (Lipinski definition) is 2. The highest BCUT2D eigenvalue weighted by atomic mass is 32.1. The summed E-state index contributed by atoms with van der Waals surface area (Å²) in [5, 5.41) is 2.61. The lowest BCUT2D eigenvalue weighted by molar-refractivity contribution is 1.29. The fourth-order valence-corrected chi connectivity index (χ4v) is 8.92. The third-order valence-electron chi connectivity index (χ3n) is 10.7. The van der Waals surface area contributed by atoms with Crippen LogP contribution >= 0.6 is 11.3 Å². The summed E-state index contributed by atoms with van der Waals surface area (Å²) in [6.07, 6.45) is 0. The highest BCUT2D eigenvalue weighted by molar-refractivity contribution is 7.25. The van der Waals surface area contributed by atoms with Crippen LogP contribution in [-0.4, -0.2) is 0 Å². The van der Waals surface area contributed by atoms with E-state index in [4.69, 9.17) is 0 Å². The topological polar surface area (TPSA) is 3.24 Å². The van der Waals surface area contributed by atoms with E-state index in [1.54, 1.807) is 0 Å². The zero-order valence-corrected chi connectivity index (χ0v) is 31.5. The predicted molar refractivity (Wildman–Crippen MR) is 241 cm³/mol. The minimum Gasteiger partial charge on any atom is -0.310 e. The Morgan fingerprint density at radius 3 is 1.05 bits per heavy atom. The van der Waals surface area contributed by atoms with Gasteiger partial charge in [-0.2, -0.15) is 0 Å². The second-order valence-corrected chi connectivity index (χ2v) is 15.3. The molecule has 1 aromatic heterocycles. The first-order valence-corrected chi connectivity index (χ1v) is 19.9. The van der Waals surface area contributed by atoms with Gasteiger partial charge in [-0.3, -0.25) is 0 Å². The Balaban J connectivity index is 1.04. The fourth-order valence-electron chi connectivity index (χ4n) is 7.78. The lowest BCUT2D eigenvalue weighted by Gasteiger charge is -2.26. The van der Waals surface area contributed by atoms with Crippen molar-refractivity contribution in [3.63, 3.8) is 0 Å². The molecule has 0 fully saturated rings. The number of rotatable bonds is 8. The Labute approximate surface area is 332 Å². The molecule has 0 radical (unpaired) electrons. The molecule has 0 aliphatic rings. The van der Waals surface area contributed by atoms with Crippen molar-refractivity contribution >= 4 is 48.6 Å². The maximum atomic E-state index is 2.38. The molecule has 1 heterocycles. The van der Waals surface area contributed by atoms with Crippen LogP contribution in [0.25, 0.3) is 75.8 Å². The van der Waals surface area contributed by atoms with Crippen LogP contribution in [0.1, 0.15) is 0 Å². The van der Waals surface area contributed by atoms with Crippen LogP contribution in [0.2, 0.25) is 0 Å². The molecule has 0 aliphatic carbocycles. The molecule has 0 spiro atoms. The molecule has 0 bridgehead atoms. The van der Waals surface area contributed by atoms with Crippen LogP contribution in [0.5, 0.6) is 0 Å². The Bertz CT molecular complexity index is 2850. The van der Waals surface area contributed by atoms with Gasteiger partial charge in [0.15, 0.2) is 0 Å². The summed E-state index contributed by atoms with van der Waals surface area (Å²) in [4.78, 5) is 2.38. The number of nitrogens with zero attached hydrogens (tertiary/aromatic N) is 1. The molecule has 9 aromatic carbocycles. The maximum absolute atomic E-state index is 2.38. The number of fused-ring (bicyclic) bond motifs is 3.